The molecule has 0 radical (unpaired) electrons. The van der Waals surface area contributed by atoms with Crippen molar-refractivity contribution in [3.8, 4) is 6.01 Å². The minimum atomic E-state index is -0.391. The maximum Gasteiger partial charge on any atom is 0.337 e. The van der Waals surface area contributed by atoms with Gasteiger partial charge in [0, 0.05) is 0 Å². The second kappa shape index (κ2) is 4.69. The largest absolute Gasteiger partial charge is 0.463 e. The Balaban J connectivity index is 2.02. The number of aryl methyl sites for hydroxylation is 1. The zero-order valence-corrected chi connectivity index (χ0v) is 9.48. The number of anilines is 1. The highest BCUT2D eigenvalue weighted by atomic mass is 16.5. The molecule has 0 aliphatic carbocycles. The van der Waals surface area contributed by atoms with Gasteiger partial charge in [-0.1, -0.05) is 0 Å². The molecule has 7 nitrogen and oxygen atoms in total. The first-order valence-corrected chi connectivity index (χ1v) is 5.12. The summed E-state index contributed by atoms with van der Waals surface area (Å²) >= 11 is 0. The molecule has 2 aromatic rings. The second-order valence-electron chi connectivity index (χ2n) is 3.26. The maximum absolute atomic E-state index is 11.7. The van der Waals surface area contributed by atoms with E-state index < -0.39 is 5.91 Å². The highest BCUT2D eigenvalue weighted by Crippen LogP contribution is 2.10. The van der Waals surface area contributed by atoms with Gasteiger partial charge in [0.2, 0.25) is 5.95 Å². The van der Waals surface area contributed by atoms with Crippen molar-refractivity contribution >= 4 is 11.9 Å². The molecule has 0 aliphatic rings. The van der Waals surface area contributed by atoms with Crippen LogP contribution in [0.4, 0.5) is 5.95 Å². The Kier molecular flexibility index (Phi) is 3.08. The van der Waals surface area contributed by atoms with Crippen LogP contribution in [0.1, 0.15) is 23.2 Å². The van der Waals surface area contributed by atoms with Gasteiger partial charge in [0.25, 0.3) is 5.91 Å². The molecule has 0 unspecified atom stereocenters. The summed E-state index contributed by atoms with van der Waals surface area (Å²) in [7, 11) is 0. The van der Waals surface area contributed by atoms with Crippen LogP contribution >= 0.6 is 0 Å². The Labute approximate surface area is 97.2 Å². The molecule has 0 fully saturated rings. The van der Waals surface area contributed by atoms with E-state index in [1.807, 2.05) is 6.92 Å². The summed E-state index contributed by atoms with van der Waals surface area (Å²) < 4.78 is 10.2. The Morgan fingerprint density at radius 3 is 3.06 bits per heavy atom. The molecule has 2 N–H and O–H groups in total. The van der Waals surface area contributed by atoms with Crippen molar-refractivity contribution in [2.75, 3.05) is 11.9 Å². The lowest BCUT2D eigenvalue weighted by Crippen LogP contribution is -2.12. The molecular formula is C10H12N4O3. The fraction of sp³-hybridized carbons (Fsp3) is 0.300. The van der Waals surface area contributed by atoms with Crippen LogP contribution in [-0.2, 0) is 0 Å². The molecule has 0 spiro atoms. The monoisotopic (exact) mass is 236 g/mol. The van der Waals surface area contributed by atoms with E-state index in [1.54, 1.807) is 19.1 Å². The molecule has 0 saturated heterocycles. The molecule has 0 saturated carbocycles. The van der Waals surface area contributed by atoms with Crippen molar-refractivity contribution in [3.63, 3.8) is 0 Å². The number of amides is 1. The number of furan rings is 1. The zero-order valence-electron chi connectivity index (χ0n) is 9.48. The number of H-pyrrole nitrogens is 1. The Hall–Kier alpha value is -2.31. The summed E-state index contributed by atoms with van der Waals surface area (Å²) in [6.45, 7) is 4.04. The summed E-state index contributed by atoms with van der Waals surface area (Å²) in [6.07, 6.45) is 0. The van der Waals surface area contributed by atoms with Crippen LogP contribution in [0.25, 0.3) is 0 Å². The van der Waals surface area contributed by atoms with Crippen LogP contribution in [0.15, 0.2) is 16.5 Å². The van der Waals surface area contributed by atoms with Crippen LogP contribution < -0.4 is 10.1 Å². The molecule has 0 aromatic carbocycles. The highest BCUT2D eigenvalue weighted by molar-refractivity contribution is 6.01. The number of carbonyl (C=O) groups is 1. The molecule has 2 rings (SSSR count). The third kappa shape index (κ3) is 2.63. The first-order valence-electron chi connectivity index (χ1n) is 5.12. The quantitative estimate of drug-likeness (QED) is 0.835. The number of hydrogen-bond donors (Lipinski definition) is 2. The van der Waals surface area contributed by atoms with Crippen LogP contribution in [0, 0.1) is 6.92 Å². The van der Waals surface area contributed by atoms with Crippen LogP contribution in [0.2, 0.25) is 0 Å². The van der Waals surface area contributed by atoms with Gasteiger partial charge in [-0.15, -0.1) is 5.10 Å². The van der Waals surface area contributed by atoms with Crippen molar-refractivity contribution < 1.29 is 13.9 Å². The van der Waals surface area contributed by atoms with E-state index in [2.05, 4.69) is 20.5 Å². The molecule has 1 amide bonds. The molecular weight excluding hydrogens is 224 g/mol. The Morgan fingerprint density at radius 2 is 2.41 bits per heavy atom. The molecule has 0 aliphatic heterocycles. The lowest BCUT2D eigenvalue weighted by Gasteiger charge is -1.96. The van der Waals surface area contributed by atoms with Gasteiger partial charge in [-0.3, -0.25) is 10.1 Å². The standard InChI is InChI=1S/C10H12N4O3/c1-3-16-10-12-9(13-14-10)11-8(15)7-5-4-6(2)17-7/h4-5H,3H2,1-2H3,(H2,11,12,13,14,15). The fourth-order valence-electron chi connectivity index (χ4n) is 1.22. The summed E-state index contributed by atoms with van der Waals surface area (Å²) in [5.41, 5.74) is 0. The van der Waals surface area contributed by atoms with Gasteiger partial charge in [0.05, 0.1) is 6.61 Å². The molecule has 0 atom stereocenters. The van der Waals surface area contributed by atoms with Crippen LogP contribution in [0.3, 0.4) is 0 Å². The number of aromatic nitrogens is 3. The van der Waals surface area contributed by atoms with Crippen molar-refractivity contribution in [2.45, 2.75) is 13.8 Å². The van der Waals surface area contributed by atoms with E-state index in [9.17, 15) is 4.79 Å². The first-order chi connectivity index (χ1) is 8.19. The number of nitrogens with one attached hydrogen (secondary N) is 2. The van der Waals surface area contributed by atoms with Gasteiger partial charge >= 0.3 is 6.01 Å². The van der Waals surface area contributed by atoms with E-state index in [1.165, 1.54) is 0 Å². The third-order valence-electron chi connectivity index (χ3n) is 1.93. The number of carbonyl (C=O) groups excluding carboxylic acids is 1. The fourth-order valence-corrected chi connectivity index (χ4v) is 1.22. The summed E-state index contributed by atoms with van der Waals surface area (Å²) in [4.78, 5) is 15.6. The molecule has 7 heteroatoms. The molecule has 2 aromatic heterocycles. The molecule has 17 heavy (non-hydrogen) atoms. The normalized spacial score (nSPS) is 10.2. The topological polar surface area (TPSA) is 93.0 Å². The van der Waals surface area contributed by atoms with Gasteiger partial charge < -0.3 is 9.15 Å². The second-order valence-corrected chi connectivity index (χ2v) is 3.26. The lowest BCUT2D eigenvalue weighted by atomic mass is 10.4. The van der Waals surface area contributed by atoms with E-state index in [0.717, 1.165) is 0 Å². The number of hydrogen-bond acceptors (Lipinski definition) is 5. The van der Waals surface area contributed by atoms with Gasteiger partial charge in [-0.25, -0.2) is 5.10 Å². The van der Waals surface area contributed by atoms with Crippen molar-refractivity contribution in [3.05, 3.63) is 23.7 Å². The number of ether oxygens (including phenoxy) is 1. The lowest BCUT2D eigenvalue weighted by molar-refractivity contribution is 0.0994. The Morgan fingerprint density at radius 1 is 1.59 bits per heavy atom. The highest BCUT2D eigenvalue weighted by Gasteiger charge is 2.12. The minimum absolute atomic E-state index is 0.193. The predicted octanol–water partition coefficient (Wildman–Crippen LogP) is 1.36. The summed E-state index contributed by atoms with van der Waals surface area (Å²) in [5, 5.41) is 8.80. The van der Waals surface area contributed by atoms with Crippen LogP contribution in [0.5, 0.6) is 6.01 Å². The number of aromatic amines is 1. The third-order valence-corrected chi connectivity index (χ3v) is 1.93. The molecule has 0 bridgehead atoms. The van der Waals surface area contributed by atoms with Gasteiger partial charge in [0.15, 0.2) is 5.76 Å². The van der Waals surface area contributed by atoms with E-state index in [-0.39, 0.29) is 17.7 Å². The number of rotatable bonds is 4. The van der Waals surface area contributed by atoms with Crippen LogP contribution in [-0.4, -0.2) is 27.7 Å². The van der Waals surface area contributed by atoms with Gasteiger partial charge in [-0.2, -0.15) is 4.98 Å². The smallest absolute Gasteiger partial charge is 0.337 e. The summed E-state index contributed by atoms with van der Waals surface area (Å²) in [5.74, 6) is 0.712. The first kappa shape index (κ1) is 11.2. The van der Waals surface area contributed by atoms with E-state index >= 15 is 0 Å². The number of nitrogens with zero attached hydrogens (tertiary/aromatic N) is 2. The zero-order chi connectivity index (χ0) is 12.3. The van der Waals surface area contributed by atoms with Gasteiger partial charge in [0.1, 0.15) is 5.76 Å². The average Bonchev–Trinajstić information content (AvgIpc) is 2.88. The minimum Gasteiger partial charge on any atom is -0.463 e. The Bertz CT molecular complexity index is 517. The van der Waals surface area contributed by atoms with E-state index in [0.29, 0.717) is 12.4 Å². The predicted molar refractivity (Wildman–Crippen MR) is 58.9 cm³/mol. The van der Waals surface area contributed by atoms with Crippen molar-refractivity contribution in [1.82, 2.24) is 15.2 Å². The maximum atomic E-state index is 11.7. The molecule has 2 heterocycles. The van der Waals surface area contributed by atoms with Gasteiger partial charge in [-0.05, 0) is 26.0 Å². The molecule has 90 valence electrons. The summed E-state index contributed by atoms with van der Waals surface area (Å²) in [6, 6.07) is 3.49. The average molecular weight is 236 g/mol. The van der Waals surface area contributed by atoms with Crippen molar-refractivity contribution in [1.29, 1.82) is 0 Å². The SMILES string of the molecule is CCOc1n[nH]c(NC(=O)c2ccc(C)o2)n1. The van der Waals surface area contributed by atoms with Crippen molar-refractivity contribution in [2.24, 2.45) is 0 Å². The van der Waals surface area contributed by atoms with E-state index in [4.69, 9.17) is 9.15 Å².